The van der Waals surface area contributed by atoms with E-state index in [0.717, 1.165) is 38.1 Å². The largest absolute Gasteiger partial charge is 0.490 e. The van der Waals surface area contributed by atoms with Crippen molar-refractivity contribution in [1.29, 1.82) is 0 Å². The molecule has 38 heavy (non-hydrogen) atoms. The molecule has 0 radical (unpaired) electrons. The summed E-state index contributed by atoms with van der Waals surface area (Å²) in [6.07, 6.45) is -3.60. The molecule has 0 saturated carbocycles. The maximum absolute atomic E-state index is 13.4. The van der Waals surface area contributed by atoms with Crippen molar-refractivity contribution in [3.05, 3.63) is 69.9 Å². The van der Waals surface area contributed by atoms with Crippen molar-refractivity contribution in [3.63, 3.8) is 0 Å². The molecule has 1 aliphatic heterocycles. The van der Waals surface area contributed by atoms with Gasteiger partial charge in [0, 0.05) is 37.3 Å². The third-order valence-electron chi connectivity index (χ3n) is 5.93. The second-order valence-corrected chi connectivity index (χ2v) is 8.80. The lowest BCUT2D eigenvalue weighted by Crippen LogP contribution is -2.45. The first-order valence-electron chi connectivity index (χ1n) is 11.4. The van der Waals surface area contributed by atoms with Gasteiger partial charge in [0.25, 0.3) is 5.91 Å². The summed E-state index contributed by atoms with van der Waals surface area (Å²) in [6.45, 7) is 3.91. The van der Waals surface area contributed by atoms with Gasteiger partial charge in [0.1, 0.15) is 5.82 Å². The van der Waals surface area contributed by atoms with Gasteiger partial charge in [0.15, 0.2) is 11.6 Å². The first-order valence-corrected chi connectivity index (χ1v) is 11.4. The van der Waals surface area contributed by atoms with E-state index in [1.807, 2.05) is 6.92 Å². The van der Waals surface area contributed by atoms with Crippen LogP contribution in [0.3, 0.4) is 0 Å². The van der Waals surface area contributed by atoms with Gasteiger partial charge in [-0.05, 0) is 56.2 Å². The zero-order valence-corrected chi connectivity index (χ0v) is 20.0. The highest BCUT2D eigenvalue weighted by Gasteiger charge is 2.38. The van der Waals surface area contributed by atoms with Crippen molar-refractivity contribution in [2.45, 2.75) is 38.0 Å². The normalized spacial score (nSPS) is 15.6. The number of benzene rings is 2. The molecule has 1 amide bonds. The van der Waals surface area contributed by atoms with Crippen molar-refractivity contribution < 1.29 is 41.0 Å². The number of H-pyrrole nitrogens is 1. The molecule has 1 aromatic heterocycles. The van der Waals surface area contributed by atoms with E-state index >= 15 is 0 Å². The van der Waals surface area contributed by atoms with E-state index in [1.165, 1.54) is 18.2 Å². The summed E-state index contributed by atoms with van der Waals surface area (Å²) >= 11 is 0. The number of hydrogen-bond donors (Lipinski definition) is 3. The highest BCUT2D eigenvalue weighted by atomic mass is 19.4. The summed E-state index contributed by atoms with van der Waals surface area (Å²) < 4.78 is 73.2. The molecular formula is C24H24F6N4O4. The first kappa shape index (κ1) is 28.8. The number of carboxylic acid groups (broad SMARTS) is 1. The highest BCUT2D eigenvalue weighted by molar-refractivity contribution is 5.94. The quantitative estimate of drug-likeness (QED) is 0.422. The van der Waals surface area contributed by atoms with Crippen LogP contribution in [0.4, 0.5) is 26.3 Å². The van der Waals surface area contributed by atoms with E-state index in [0.29, 0.717) is 17.6 Å². The number of fused-ring (bicyclic) bond motifs is 1. The van der Waals surface area contributed by atoms with E-state index in [2.05, 4.69) is 15.2 Å². The average Bonchev–Trinajstić information content (AvgIpc) is 3.15. The third-order valence-corrected chi connectivity index (χ3v) is 5.93. The fraction of sp³-hybridized carbons (Fsp3) is 0.375. The molecule has 8 nitrogen and oxygen atoms in total. The lowest BCUT2D eigenvalue weighted by Gasteiger charge is -2.34. The Morgan fingerprint density at radius 1 is 1.08 bits per heavy atom. The molecule has 0 spiro atoms. The van der Waals surface area contributed by atoms with Gasteiger partial charge >= 0.3 is 17.8 Å². The Bertz CT molecular complexity index is 1360. The van der Waals surface area contributed by atoms with Crippen LogP contribution in [0.1, 0.15) is 36.2 Å². The molecule has 4 rings (SSSR count). The number of carbonyl (C=O) groups is 2. The van der Waals surface area contributed by atoms with Crippen molar-refractivity contribution in [3.8, 4) is 0 Å². The van der Waals surface area contributed by atoms with Gasteiger partial charge in [-0.2, -0.15) is 13.2 Å². The molecular weight excluding hydrogens is 522 g/mol. The van der Waals surface area contributed by atoms with E-state index in [9.17, 15) is 35.9 Å². The predicted octanol–water partition coefficient (Wildman–Crippen LogP) is 3.84. The Morgan fingerprint density at radius 3 is 2.29 bits per heavy atom. The van der Waals surface area contributed by atoms with E-state index in [-0.39, 0.29) is 23.3 Å². The maximum Gasteiger partial charge on any atom is 0.490 e. The summed E-state index contributed by atoms with van der Waals surface area (Å²) in [6, 6.07) is 7.15. The highest BCUT2D eigenvalue weighted by Crippen LogP contribution is 2.25. The SMILES string of the molecule is C[C@@H](CN1CCC(n2c(=O)[nH]c3cc(F)ccc32)CC1)NC(=O)c1ccc(F)c(F)c1.O=C(O)C(F)(F)F. The number of carboxylic acids is 1. The number of imidazole rings is 1. The zero-order valence-electron chi connectivity index (χ0n) is 20.0. The molecule has 0 aliphatic carbocycles. The number of carbonyl (C=O) groups excluding carboxylic acids is 1. The van der Waals surface area contributed by atoms with Crippen LogP contribution in [0.2, 0.25) is 0 Å². The molecule has 1 aliphatic rings. The summed E-state index contributed by atoms with van der Waals surface area (Å²) in [4.78, 5) is 38.4. The van der Waals surface area contributed by atoms with Crippen molar-refractivity contribution in [1.82, 2.24) is 19.8 Å². The molecule has 2 heterocycles. The third kappa shape index (κ3) is 7.15. The number of nitrogens with one attached hydrogen (secondary N) is 2. The Balaban J connectivity index is 0.000000505. The molecule has 1 saturated heterocycles. The van der Waals surface area contributed by atoms with Crippen molar-refractivity contribution in [2.75, 3.05) is 19.6 Å². The van der Waals surface area contributed by atoms with Crippen LogP contribution in [-0.4, -0.2) is 63.3 Å². The molecule has 206 valence electrons. The van der Waals surface area contributed by atoms with Gasteiger partial charge in [-0.25, -0.2) is 22.8 Å². The molecule has 3 N–H and O–H groups in total. The van der Waals surface area contributed by atoms with Crippen LogP contribution < -0.4 is 11.0 Å². The predicted molar refractivity (Wildman–Crippen MR) is 124 cm³/mol. The Morgan fingerprint density at radius 2 is 1.71 bits per heavy atom. The molecule has 0 bridgehead atoms. The number of aromatic amines is 1. The number of piperidine rings is 1. The minimum atomic E-state index is -5.08. The van der Waals surface area contributed by atoms with E-state index < -0.39 is 35.5 Å². The minimum Gasteiger partial charge on any atom is -0.475 e. The first-order chi connectivity index (χ1) is 17.8. The summed E-state index contributed by atoms with van der Waals surface area (Å²) in [5, 5.41) is 9.93. The van der Waals surface area contributed by atoms with Gasteiger partial charge in [-0.3, -0.25) is 9.36 Å². The Hall–Kier alpha value is -3.81. The molecule has 0 unspecified atom stereocenters. The fourth-order valence-corrected chi connectivity index (χ4v) is 4.20. The summed E-state index contributed by atoms with van der Waals surface area (Å²) in [7, 11) is 0. The van der Waals surface area contributed by atoms with Gasteiger partial charge < -0.3 is 20.3 Å². The van der Waals surface area contributed by atoms with Crippen LogP contribution in [0, 0.1) is 17.5 Å². The molecule has 3 aromatic rings. The molecule has 1 fully saturated rings. The van der Waals surface area contributed by atoms with Crippen LogP contribution >= 0.6 is 0 Å². The number of hydrogen-bond acceptors (Lipinski definition) is 4. The Labute approximate surface area is 211 Å². The van der Waals surface area contributed by atoms with Gasteiger partial charge in [-0.1, -0.05) is 0 Å². The number of aliphatic carboxylic acids is 1. The summed E-state index contributed by atoms with van der Waals surface area (Å²) in [5.74, 6) is -5.66. The van der Waals surface area contributed by atoms with Crippen LogP contribution in [0.5, 0.6) is 0 Å². The van der Waals surface area contributed by atoms with E-state index in [4.69, 9.17) is 9.90 Å². The lowest BCUT2D eigenvalue weighted by atomic mass is 10.0. The van der Waals surface area contributed by atoms with Gasteiger partial charge in [0.2, 0.25) is 0 Å². The van der Waals surface area contributed by atoms with Gasteiger partial charge in [-0.15, -0.1) is 0 Å². The van der Waals surface area contributed by atoms with Crippen molar-refractivity contribution in [2.24, 2.45) is 0 Å². The average molecular weight is 546 g/mol. The lowest BCUT2D eigenvalue weighted by molar-refractivity contribution is -0.192. The second-order valence-electron chi connectivity index (χ2n) is 8.80. The van der Waals surface area contributed by atoms with Crippen LogP contribution in [0.25, 0.3) is 11.0 Å². The topological polar surface area (TPSA) is 107 Å². The zero-order chi connectivity index (χ0) is 28.2. The van der Waals surface area contributed by atoms with E-state index in [1.54, 1.807) is 10.6 Å². The molecule has 2 aromatic carbocycles. The fourth-order valence-electron chi connectivity index (χ4n) is 4.20. The number of rotatable bonds is 5. The number of nitrogens with zero attached hydrogens (tertiary/aromatic N) is 2. The maximum atomic E-state index is 13.4. The number of aromatic nitrogens is 2. The number of alkyl halides is 3. The standard InChI is InChI=1S/C22H23F3N4O2.C2HF3O2/c1-13(26-21(30)14-2-4-17(24)18(25)10-14)12-28-8-6-16(7-9-28)29-20-5-3-15(23)11-19(20)27-22(29)31;3-2(4,5)1(6)7/h2-5,10-11,13,16H,6-9,12H2,1H3,(H,26,30)(H,27,31);(H,6,7)/t13-;/m0./s1. The monoisotopic (exact) mass is 546 g/mol. The van der Waals surface area contributed by atoms with Crippen LogP contribution in [0.15, 0.2) is 41.2 Å². The number of likely N-dealkylation sites (tertiary alicyclic amines) is 1. The minimum absolute atomic E-state index is 0.00930. The van der Waals surface area contributed by atoms with Crippen molar-refractivity contribution >= 4 is 22.9 Å². The van der Waals surface area contributed by atoms with Crippen LogP contribution in [-0.2, 0) is 4.79 Å². The number of amides is 1. The molecule has 1 atom stereocenters. The Kier molecular flexibility index (Phi) is 8.86. The second kappa shape index (κ2) is 11.7. The summed E-state index contributed by atoms with van der Waals surface area (Å²) in [5.41, 5.74) is 1.00. The smallest absolute Gasteiger partial charge is 0.475 e. The number of halogens is 6. The molecule has 14 heteroatoms. The van der Waals surface area contributed by atoms with Gasteiger partial charge in [0.05, 0.1) is 11.0 Å².